The molecule has 0 bridgehead atoms. The van der Waals surface area contributed by atoms with Crippen LogP contribution in [0.15, 0.2) is 28.8 Å². The molecule has 1 heterocycles. The summed E-state index contributed by atoms with van der Waals surface area (Å²) in [4.78, 5) is 4.35. The molecule has 2 rings (SSSR count). The lowest BCUT2D eigenvalue weighted by Gasteiger charge is -2.23. The Hall–Kier alpha value is -1.39. The zero-order chi connectivity index (χ0) is 14.0. The molecule has 0 radical (unpaired) electrons. The number of hydrogen-bond acceptors (Lipinski definition) is 4. The van der Waals surface area contributed by atoms with Gasteiger partial charge in [-0.3, -0.25) is 0 Å². The third kappa shape index (κ3) is 3.33. The van der Waals surface area contributed by atoms with E-state index in [0.717, 1.165) is 5.56 Å². The van der Waals surface area contributed by atoms with Crippen molar-refractivity contribution >= 4 is 11.6 Å². The quantitative estimate of drug-likeness (QED) is 0.936. The standard InChI is InChI=1S/C14H18ClN3O/c1-14(2,3)12(16)13-17-11(18-19-13)8-9-6-4-5-7-10(9)15/h4-7,12H,8,16H2,1-3H3. The Morgan fingerprint density at radius 1 is 1.32 bits per heavy atom. The summed E-state index contributed by atoms with van der Waals surface area (Å²) >= 11 is 6.11. The van der Waals surface area contributed by atoms with Gasteiger partial charge in [0.2, 0.25) is 5.89 Å². The Bertz CT molecular complexity index is 560. The Kier molecular flexibility index (Phi) is 3.92. The van der Waals surface area contributed by atoms with Crippen LogP contribution in [0.3, 0.4) is 0 Å². The number of nitrogens with two attached hydrogens (primary N) is 1. The highest BCUT2D eigenvalue weighted by Crippen LogP contribution is 2.29. The molecule has 2 aromatic rings. The average Bonchev–Trinajstić information content (AvgIpc) is 2.78. The van der Waals surface area contributed by atoms with Crippen LogP contribution < -0.4 is 5.73 Å². The number of nitrogens with zero attached hydrogens (tertiary/aromatic N) is 2. The van der Waals surface area contributed by atoms with Crippen LogP contribution >= 0.6 is 11.6 Å². The number of hydrogen-bond donors (Lipinski definition) is 1. The highest BCUT2D eigenvalue weighted by molar-refractivity contribution is 6.31. The molecule has 1 aromatic heterocycles. The van der Waals surface area contributed by atoms with Crippen molar-refractivity contribution in [2.45, 2.75) is 33.2 Å². The largest absolute Gasteiger partial charge is 0.338 e. The molecule has 1 atom stereocenters. The molecule has 0 saturated heterocycles. The Morgan fingerprint density at radius 3 is 2.63 bits per heavy atom. The van der Waals surface area contributed by atoms with Gasteiger partial charge in [0, 0.05) is 11.4 Å². The minimum absolute atomic E-state index is 0.117. The molecule has 0 saturated carbocycles. The predicted octanol–water partition coefficient (Wildman–Crippen LogP) is 3.36. The summed E-state index contributed by atoms with van der Waals surface area (Å²) < 4.78 is 5.24. The number of benzene rings is 1. The van der Waals surface area contributed by atoms with Crippen molar-refractivity contribution in [2.24, 2.45) is 11.1 Å². The summed E-state index contributed by atoms with van der Waals surface area (Å²) in [5.41, 5.74) is 6.94. The Balaban J connectivity index is 2.16. The number of aromatic nitrogens is 2. The zero-order valence-electron chi connectivity index (χ0n) is 11.4. The van der Waals surface area contributed by atoms with Crippen LogP contribution in [0.5, 0.6) is 0 Å². The van der Waals surface area contributed by atoms with Crippen LogP contribution in [-0.4, -0.2) is 10.1 Å². The molecule has 1 unspecified atom stereocenters. The first-order valence-corrected chi connectivity index (χ1v) is 6.57. The molecule has 1 aromatic carbocycles. The summed E-state index contributed by atoms with van der Waals surface area (Å²) in [6, 6.07) is 7.34. The van der Waals surface area contributed by atoms with Crippen molar-refractivity contribution in [3.8, 4) is 0 Å². The van der Waals surface area contributed by atoms with Gasteiger partial charge < -0.3 is 10.3 Å². The van der Waals surface area contributed by atoms with Crippen molar-refractivity contribution in [1.29, 1.82) is 0 Å². The number of rotatable bonds is 3. The van der Waals surface area contributed by atoms with Crippen LogP contribution in [0.4, 0.5) is 0 Å². The highest BCUT2D eigenvalue weighted by atomic mass is 35.5. The summed E-state index contributed by atoms with van der Waals surface area (Å²) in [6.07, 6.45) is 0.542. The van der Waals surface area contributed by atoms with Gasteiger partial charge in [0.1, 0.15) is 0 Å². The van der Waals surface area contributed by atoms with Crippen molar-refractivity contribution in [3.05, 3.63) is 46.6 Å². The summed E-state index contributed by atoms with van der Waals surface area (Å²) in [7, 11) is 0. The van der Waals surface area contributed by atoms with Crippen LogP contribution in [0.1, 0.15) is 44.1 Å². The second-order valence-electron chi connectivity index (χ2n) is 5.66. The maximum absolute atomic E-state index is 6.11. The van der Waals surface area contributed by atoms with E-state index in [-0.39, 0.29) is 11.5 Å². The molecule has 4 nitrogen and oxygen atoms in total. The van der Waals surface area contributed by atoms with E-state index in [1.165, 1.54) is 0 Å². The molecular weight excluding hydrogens is 262 g/mol. The van der Waals surface area contributed by atoms with Gasteiger partial charge in [-0.1, -0.05) is 55.7 Å². The van der Waals surface area contributed by atoms with Crippen LogP contribution in [0, 0.1) is 5.41 Å². The topological polar surface area (TPSA) is 64.9 Å². The second-order valence-corrected chi connectivity index (χ2v) is 6.07. The van der Waals surface area contributed by atoms with Gasteiger partial charge in [-0.25, -0.2) is 0 Å². The minimum atomic E-state index is -0.278. The minimum Gasteiger partial charge on any atom is -0.338 e. The molecule has 0 amide bonds. The van der Waals surface area contributed by atoms with Gasteiger partial charge >= 0.3 is 0 Å². The van der Waals surface area contributed by atoms with Gasteiger partial charge in [0.25, 0.3) is 0 Å². The van der Waals surface area contributed by atoms with E-state index in [1.54, 1.807) is 0 Å². The average molecular weight is 280 g/mol. The van der Waals surface area contributed by atoms with Crippen LogP contribution in [0.25, 0.3) is 0 Å². The van der Waals surface area contributed by atoms with Crippen molar-refractivity contribution < 1.29 is 4.52 Å². The van der Waals surface area contributed by atoms with E-state index in [0.29, 0.717) is 23.2 Å². The molecule has 19 heavy (non-hydrogen) atoms. The molecule has 2 N–H and O–H groups in total. The summed E-state index contributed by atoms with van der Waals surface area (Å²) in [5.74, 6) is 1.07. The summed E-state index contributed by atoms with van der Waals surface area (Å²) in [6.45, 7) is 6.11. The lowest BCUT2D eigenvalue weighted by Crippen LogP contribution is -2.26. The van der Waals surface area contributed by atoms with Gasteiger partial charge in [-0.05, 0) is 17.0 Å². The molecule has 0 aliphatic heterocycles. The fourth-order valence-corrected chi connectivity index (χ4v) is 1.85. The van der Waals surface area contributed by atoms with Crippen molar-refractivity contribution in [1.82, 2.24) is 10.1 Å². The fourth-order valence-electron chi connectivity index (χ4n) is 1.65. The molecule has 0 fully saturated rings. The lowest BCUT2D eigenvalue weighted by molar-refractivity contribution is 0.252. The number of halogens is 1. The highest BCUT2D eigenvalue weighted by Gasteiger charge is 2.27. The molecule has 0 aliphatic carbocycles. The first-order chi connectivity index (χ1) is 8.88. The van der Waals surface area contributed by atoms with E-state index in [9.17, 15) is 0 Å². The van der Waals surface area contributed by atoms with Gasteiger partial charge in [-0.2, -0.15) is 4.98 Å². The third-order valence-electron chi connectivity index (χ3n) is 2.99. The van der Waals surface area contributed by atoms with Crippen molar-refractivity contribution in [2.75, 3.05) is 0 Å². The fraction of sp³-hybridized carbons (Fsp3) is 0.429. The van der Waals surface area contributed by atoms with Gasteiger partial charge in [0.15, 0.2) is 5.82 Å². The van der Waals surface area contributed by atoms with Crippen molar-refractivity contribution in [3.63, 3.8) is 0 Å². The Morgan fingerprint density at radius 2 is 2.00 bits per heavy atom. The van der Waals surface area contributed by atoms with Crippen LogP contribution in [0.2, 0.25) is 5.02 Å². The third-order valence-corrected chi connectivity index (χ3v) is 3.36. The molecule has 0 spiro atoms. The zero-order valence-corrected chi connectivity index (χ0v) is 12.1. The second kappa shape index (κ2) is 5.31. The lowest BCUT2D eigenvalue weighted by atomic mass is 9.87. The van der Waals surface area contributed by atoms with E-state index < -0.39 is 0 Å². The maximum Gasteiger partial charge on any atom is 0.244 e. The van der Waals surface area contributed by atoms with E-state index in [2.05, 4.69) is 10.1 Å². The normalized spacial score (nSPS) is 13.5. The Labute approximate surface area is 118 Å². The monoisotopic (exact) mass is 279 g/mol. The smallest absolute Gasteiger partial charge is 0.244 e. The molecule has 5 heteroatoms. The first-order valence-electron chi connectivity index (χ1n) is 6.19. The first kappa shape index (κ1) is 14.0. The SMILES string of the molecule is CC(C)(C)C(N)c1nc(Cc2ccccc2Cl)no1. The van der Waals surface area contributed by atoms with E-state index in [1.807, 2.05) is 45.0 Å². The molecule has 0 aliphatic rings. The van der Waals surface area contributed by atoms with E-state index >= 15 is 0 Å². The van der Waals surface area contributed by atoms with Gasteiger partial charge in [0.05, 0.1) is 6.04 Å². The maximum atomic E-state index is 6.11. The molecular formula is C14H18ClN3O. The molecule has 102 valence electrons. The summed E-state index contributed by atoms with van der Waals surface area (Å²) in [5, 5.41) is 4.67. The van der Waals surface area contributed by atoms with Crippen LogP contribution in [-0.2, 0) is 6.42 Å². The predicted molar refractivity (Wildman–Crippen MR) is 74.9 cm³/mol. The van der Waals surface area contributed by atoms with Gasteiger partial charge in [-0.15, -0.1) is 0 Å². The van der Waals surface area contributed by atoms with E-state index in [4.69, 9.17) is 21.9 Å².